The van der Waals surface area contributed by atoms with E-state index in [0.29, 0.717) is 17.2 Å². The van der Waals surface area contributed by atoms with E-state index in [-0.39, 0.29) is 12.6 Å². The van der Waals surface area contributed by atoms with Crippen LogP contribution in [0.25, 0.3) is 0 Å². The van der Waals surface area contributed by atoms with Crippen molar-refractivity contribution < 1.29 is 5.11 Å². The molecule has 2 N–H and O–H groups in total. The van der Waals surface area contributed by atoms with E-state index in [9.17, 15) is 0 Å². The summed E-state index contributed by atoms with van der Waals surface area (Å²) in [7, 11) is 0. The van der Waals surface area contributed by atoms with Crippen LogP contribution in [-0.4, -0.2) is 34.8 Å². The van der Waals surface area contributed by atoms with Gasteiger partial charge in [0.2, 0.25) is 0 Å². The SMILES string of the molecule is CC(C)NC(CO)CSC(C)C(C)C. The van der Waals surface area contributed by atoms with Crippen molar-refractivity contribution in [3.05, 3.63) is 0 Å². The smallest absolute Gasteiger partial charge is 0.0592 e. The third-order valence-corrected chi connectivity index (χ3v) is 3.95. The highest BCUT2D eigenvalue weighted by Gasteiger charge is 2.13. The maximum Gasteiger partial charge on any atom is 0.0592 e. The van der Waals surface area contributed by atoms with Gasteiger partial charge in [-0.15, -0.1) is 0 Å². The Labute approximate surface area is 92.9 Å². The van der Waals surface area contributed by atoms with Crippen molar-refractivity contribution in [2.75, 3.05) is 12.4 Å². The average molecular weight is 219 g/mol. The van der Waals surface area contributed by atoms with Crippen LogP contribution in [0.4, 0.5) is 0 Å². The predicted molar refractivity (Wildman–Crippen MR) is 65.9 cm³/mol. The monoisotopic (exact) mass is 219 g/mol. The highest BCUT2D eigenvalue weighted by molar-refractivity contribution is 7.99. The maximum absolute atomic E-state index is 9.15. The molecule has 0 radical (unpaired) electrons. The fraction of sp³-hybridized carbons (Fsp3) is 1.00. The van der Waals surface area contributed by atoms with E-state index in [1.807, 2.05) is 11.8 Å². The first kappa shape index (κ1) is 14.3. The summed E-state index contributed by atoms with van der Waals surface area (Å²) in [6, 6.07) is 0.684. The number of hydrogen-bond donors (Lipinski definition) is 2. The Balaban J connectivity index is 3.72. The molecular formula is C11H25NOS. The molecule has 86 valence electrons. The Morgan fingerprint density at radius 3 is 2.07 bits per heavy atom. The van der Waals surface area contributed by atoms with Crippen molar-refractivity contribution >= 4 is 11.8 Å². The minimum Gasteiger partial charge on any atom is -0.395 e. The molecular weight excluding hydrogens is 194 g/mol. The van der Waals surface area contributed by atoms with E-state index < -0.39 is 0 Å². The molecule has 0 spiro atoms. The summed E-state index contributed by atoms with van der Waals surface area (Å²) in [4.78, 5) is 0. The fourth-order valence-corrected chi connectivity index (χ4v) is 2.21. The summed E-state index contributed by atoms with van der Waals surface area (Å²) in [6.07, 6.45) is 0. The standard InChI is InChI=1S/C11H25NOS/c1-8(2)10(5)14-7-11(6-13)12-9(3)4/h8-13H,6-7H2,1-5H3. The van der Waals surface area contributed by atoms with Gasteiger partial charge in [-0.3, -0.25) is 0 Å². The van der Waals surface area contributed by atoms with Gasteiger partial charge in [0.15, 0.2) is 0 Å². The molecule has 0 aliphatic carbocycles. The lowest BCUT2D eigenvalue weighted by Gasteiger charge is -2.22. The summed E-state index contributed by atoms with van der Waals surface area (Å²) >= 11 is 1.94. The number of hydrogen-bond acceptors (Lipinski definition) is 3. The Kier molecular flexibility index (Phi) is 7.69. The van der Waals surface area contributed by atoms with Crippen LogP contribution in [0.5, 0.6) is 0 Å². The third-order valence-electron chi connectivity index (χ3n) is 2.29. The second-order valence-electron chi connectivity index (χ2n) is 4.48. The van der Waals surface area contributed by atoms with Crippen LogP contribution in [0.3, 0.4) is 0 Å². The lowest BCUT2D eigenvalue weighted by atomic mass is 10.2. The number of aliphatic hydroxyl groups excluding tert-OH is 1. The molecule has 0 aliphatic heterocycles. The summed E-state index contributed by atoms with van der Waals surface area (Å²) in [5, 5.41) is 13.2. The minimum atomic E-state index is 0.232. The molecule has 0 aliphatic rings. The fourth-order valence-electron chi connectivity index (χ4n) is 1.09. The van der Waals surface area contributed by atoms with Gasteiger partial charge in [0.1, 0.15) is 0 Å². The Bertz CT molecular complexity index is 139. The lowest BCUT2D eigenvalue weighted by Crippen LogP contribution is -2.39. The first-order chi connectivity index (χ1) is 6.47. The van der Waals surface area contributed by atoms with E-state index in [1.165, 1.54) is 0 Å². The van der Waals surface area contributed by atoms with Crippen molar-refractivity contribution in [2.24, 2.45) is 5.92 Å². The minimum absolute atomic E-state index is 0.232. The molecule has 2 nitrogen and oxygen atoms in total. The largest absolute Gasteiger partial charge is 0.395 e. The molecule has 0 aromatic carbocycles. The van der Waals surface area contributed by atoms with Crippen LogP contribution in [0.15, 0.2) is 0 Å². The van der Waals surface area contributed by atoms with Gasteiger partial charge in [0.25, 0.3) is 0 Å². The second-order valence-corrected chi connectivity index (χ2v) is 5.89. The molecule has 0 heterocycles. The van der Waals surface area contributed by atoms with Crippen LogP contribution in [0, 0.1) is 5.92 Å². The number of rotatable bonds is 7. The molecule has 2 atom stereocenters. The molecule has 0 saturated carbocycles. The Morgan fingerprint density at radius 1 is 1.14 bits per heavy atom. The number of aliphatic hydroxyl groups is 1. The molecule has 0 bridgehead atoms. The second kappa shape index (κ2) is 7.55. The predicted octanol–water partition coefficient (Wildman–Crippen LogP) is 2.12. The van der Waals surface area contributed by atoms with Gasteiger partial charge in [-0.25, -0.2) is 0 Å². The summed E-state index contributed by atoms with van der Waals surface area (Å²) in [6.45, 7) is 11.2. The number of nitrogens with one attached hydrogen (secondary N) is 1. The highest BCUT2D eigenvalue weighted by Crippen LogP contribution is 2.19. The van der Waals surface area contributed by atoms with E-state index in [4.69, 9.17) is 5.11 Å². The zero-order valence-corrected chi connectivity index (χ0v) is 10.9. The molecule has 3 heteroatoms. The Hall–Kier alpha value is 0.270. The zero-order chi connectivity index (χ0) is 11.1. The first-order valence-electron chi connectivity index (χ1n) is 5.45. The van der Waals surface area contributed by atoms with E-state index >= 15 is 0 Å². The van der Waals surface area contributed by atoms with Crippen molar-refractivity contribution in [2.45, 2.75) is 52.0 Å². The molecule has 0 saturated heterocycles. The van der Waals surface area contributed by atoms with E-state index in [2.05, 4.69) is 39.9 Å². The van der Waals surface area contributed by atoms with Crippen LogP contribution < -0.4 is 5.32 Å². The number of thioether (sulfide) groups is 1. The maximum atomic E-state index is 9.15. The van der Waals surface area contributed by atoms with Crippen molar-refractivity contribution in [1.29, 1.82) is 0 Å². The quantitative estimate of drug-likeness (QED) is 0.688. The van der Waals surface area contributed by atoms with Crippen LogP contribution >= 0.6 is 11.8 Å². The van der Waals surface area contributed by atoms with E-state index in [0.717, 1.165) is 5.75 Å². The normalized spacial score (nSPS) is 16.3. The lowest BCUT2D eigenvalue weighted by molar-refractivity contribution is 0.247. The van der Waals surface area contributed by atoms with E-state index in [1.54, 1.807) is 0 Å². The summed E-state index contributed by atoms with van der Waals surface area (Å²) < 4.78 is 0. The van der Waals surface area contributed by atoms with Crippen LogP contribution in [0.2, 0.25) is 0 Å². The molecule has 0 amide bonds. The first-order valence-corrected chi connectivity index (χ1v) is 6.50. The third kappa shape index (κ3) is 6.68. The van der Waals surface area contributed by atoms with Gasteiger partial charge in [0.05, 0.1) is 6.61 Å². The molecule has 0 aromatic heterocycles. The average Bonchev–Trinajstić information content (AvgIpc) is 2.10. The van der Waals surface area contributed by atoms with Gasteiger partial charge >= 0.3 is 0 Å². The van der Waals surface area contributed by atoms with Crippen molar-refractivity contribution in [1.82, 2.24) is 5.32 Å². The summed E-state index contributed by atoms with van der Waals surface area (Å²) in [5.41, 5.74) is 0. The molecule has 0 fully saturated rings. The topological polar surface area (TPSA) is 32.3 Å². The molecule has 0 rings (SSSR count). The Morgan fingerprint density at radius 2 is 1.71 bits per heavy atom. The van der Waals surface area contributed by atoms with Crippen LogP contribution in [0.1, 0.15) is 34.6 Å². The molecule has 14 heavy (non-hydrogen) atoms. The van der Waals surface area contributed by atoms with Gasteiger partial charge in [-0.05, 0) is 5.92 Å². The highest BCUT2D eigenvalue weighted by atomic mass is 32.2. The summed E-state index contributed by atoms with van der Waals surface area (Å²) in [5.74, 6) is 1.70. The van der Waals surface area contributed by atoms with Gasteiger partial charge in [-0.2, -0.15) is 11.8 Å². The van der Waals surface area contributed by atoms with Gasteiger partial charge in [0, 0.05) is 23.1 Å². The van der Waals surface area contributed by atoms with Crippen molar-refractivity contribution in [3.63, 3.8) is 0 Å². The van der Waals surface area contributed by atoms with Gasteiger partial charge < -0.3 is 10.4 Å². The van der Waals surface area contributed by atoms with Crippen LogP contribution in [-0.2, 0) is 0 Å². The molecule has 2 unspecified atom stereocenters. The van der Waals surface area contributed by atoms with Gasteiger partial charge in [-0.1, -0.05) is 34.6 Å². The zero-order valence-electron chi connectivity index (χ0n) is 10.1. The van der Waals surface area contributed by atoms with Crippen molar-refractivity contribution in [3.8, 4) is 0 Å². The molecule has 0 aromatic rings.